The Balaban J connectivity index is 1.65. The standard InChI is InChI=1S/C30H39NO2/c1-2-3-4-5-6-8-11-25-19-21-27(20-18-24-14-16-26(23-31)17-15-24)29(22-25)33-30(32)28-12-9-7-10-13-28/h14-17,19,21-22,28H,2-13,18,20H2,1H3. The number of aryl methyl sites for hydroxylation is 3. The van der Waals surface area contributed by atoms with Crippen LogP contribution in [0.2, 0.25) is 0 Å². The van der Waals surface area contributed by atoms with E-state index in [4.69, 9.17) is 10.00 Å². The van der Waals surface area contributed by atoms with Gasteiger partial charge in [0, 0.05) is 0 Å². The molecular weight excluding hydrogens is 406 g/mol. The van der Waals surface area contributed by atoms with Crippen LogP contribution in [0.1, 0.15) is 99.8 Å². The van der Waals surface area contributed by atoms with E-state index >= 15 is 0 Å². The Labute approximate surface area is 200 Å². The van der Waals surface area contributed by atoms with E-state index in [2.05, 4.69) is 31.2 Å². The van der Waals surface area contributed by atoms with Crippen LogP contribution in [0, 0.1) is 17.2 Å². The molecule has 1 aliphatic carbocycles. The molecule has 0 radical (unpaired) electrons. The van der Waals surface area contributed by atoms with Crippen molar-refractivity contribution in [3.05, 3.63) is 64.7 Å². The van der Waals surface area contributed by atoms with Gasteiger partial charge in [0.1, 0.15) is 5.75 Å². The summed E-state index contributed by atoms with van der Waals surface area (Å²) in [6, 6.07) is 16.4. The van der Waals surface area contributed by atoms with Crippen molar-refractivity contribution in [2.45, 2.75) is 96.8 Å². The average molecular weight is 446 g/mol. The highest BCUT2D eigenvalue weighted by atomic mass is 16.5. The molecule has 0 unspecified atom stereocenters. The normalized spacial score (nSPS) is 14.1. The van der Waals surface area contributed by atoms with Gasteiger partial charge in [0.25, 0.3) is 0 Å². The first kappa shape index (κ1) is 25.0. The second-order valence-electron chi connectivity index (χ2n) is 9.52. The fourth-order valence-electron chi connectivity index (χ4n) is 4.72. The molecule has 0 amide bonds. The molecule has 0 saturated heterocycles. The van der Waals surface area contributed by atoms with E-state index < -0.39 is 0 Å². The van der Waals surface area contributed by atoms with E-state index in [0.29, 0.717) is 5.56 Å². The first-order chi connectivity index (χ1) is 16.2. The van der Waals surface area contributed by atoms with E-state index in [1.165, 1.54) is 56.1 Å². The van der Waals surface area contributed by atoms with Crippen LogP contribution in [-0.2, 0) is 24.1 Å². The molecule has 0 bridgehead atoms. The minimum Gasteiger partial charge on any atom is -0.426 e. The molecule has 3 nitrogen and oxygen atoms in total. The summed E-state index contributed by atoms with van der Waals surface area (Å²) >= 11 is 0. The van der Waals surface area contributed by atoms with E-state index in [9.17, 15) is 4.79 Å². The third kappa shape index (κ3) is 8.35. The maximum Gasteiger partial charge on any atom is 0.314 e. The van der Waals surface area contributed by atoms with Crippen molar-refractivity contribution in [1.29, 1.82) is 5.26 Å². The number of esters is 1. The summed E-state index contributed by atoms with van der Waals surface area (Å²) in [4.78, 5) is 12.9. The Bertz CT molecular complexity index is 904. The minimum atomic E-state index is -0.0500. The second-order valence-corrected chi connectivity index (χ2v) is 9.52. The number of benzene rings is 2. The van der Waals surface area contributed by atoms with Gasteiger partial charge in [-0.15, -0.1) is 0 Å². The Morgan fingerprint density at radius 1 is 0.879 bits per heavy atom. The molecule has 0 spiro atoms. The topological polar surface area (TPSA) is 50.1 Å². The third-order valence-electron chi connectivity index (χ3n) is 6.87. The van der Waals surface area contributed by atoms with E-state index in [-0.39, 0.29) is 11.9 Å². The van der Waals surface area contributed by atoms with Gasteiger partial charge in [-0.2, -0.15) is 5.26 Å². The third-order valence-corrected chi connectivity index (χ3v) is 6.87. The summed E-state index contributed by atoms with van der Waals surface area (Å²) in [5, 5.41) is 9.01. The first-order valence-corrected chi connectivity index (χ1v) is 13.0. The largest absolute Gasteiger partial charge is 0.426 e. The highest BCUT2D eigenvalue weighted by Crippen LogP contribution is 2.29. The van der Waals surface area contributed by atoms with E-state index in [1.54, 1.807) is 0 Å². The van der Waals surface area contributed by atoms with Crippen LogP contribution in [0.3, 0.4) is 0 Å². The molecule has 0 aliphatic heterocycles. The van der Waals surface area contributed by atoms with Gasteiger partial charge in [-0.3, -0.25) is 4.79 Å². The lowest BCUT2D eigenvalue weighted by Crippen LogP contribution is -2.23. The van der Waals surface area contributed by atoms with Gasteiger partial charge < -0.3 is 4.74 Å². The molecule has 1 aliphatic rings. The summed E-state index contributed by atoms with van der Waals surface area (Å²) in [6.45, 7) is 2.25. The fourth-order valence-corrected chi connectivity index (χ4v) is 4.72. The molecule has 0 N–H and O–H groups in total. The van der Waals surface area contributed by atoms with E-state index in [1.807, 2.05) is 24.3 Å². The number of hydrogen-bond donors (Lipinski definition) is 0. The van der Waals surface area contributed by atoms with Crippen LogP contribution in [-0.4, -0.2) is 5.97 Å². The summed E-state index contributed by atoms with van der Waals surface area (Å²) in [7, 11) is 0. The van der Waals surface area contributed by atoms with Gasteiger partial charge in [0.2, 0.25) is 0 Å². The molecule has 0 atom stereocenters. The monoisotopic (exact) mass is 445 g/mol. The zero-order valence-corrected chi connectivity index (χ0v) is 20.3. The number of rotatable bonds is 12. The molecule has 3 rings (SSSR count). The smallest absolute Gasteiger partial charge is 0.314 e. The van der Waals surface area contributed by atoms with Crippen molar-refractivity contribution in [3.8, 4) is 11.8 Å². The summed E-state index contributed by atoms with van der Waals surface area (Å²) in [5.41, 5.74) is 4.23. The molecule has 176 valence electrons. The molecular formula is C30H39NO2. The fraction of sp³-hybridized carbons (Fsp3) is 0.533. The minimum absolute atomic E-state index is 0.0485. The molecule has 33 heavy (non-hydrogen) atoms. The van der Waals surface area contributed by atoms with Crippen LogP contribution >= 0.6 is 0 Å². The van der Waals surface area contributed by atoms with Gasteiger partial charge in [0.15, 0.2) is 0 Å². The Hall–Kier alpha value is -2.60. The number of hydrogen-bond acceptors (Lipinski definition) is 3. The van der Waals surface area contributed by atoms with Gasteiger partial charge >= 0.3 is 5.97 Å². The quantitative estimate of drug-likeness (QED) is 0.191. The summed E-state index contributed by atoms with van der Waals surface area (Å²) in [6.07, 6.45) is 15.8. The number of ether oxygens (including phenoxy) is 1. The van der Waals surface area contributed by atoms with Crippen LogP contribution in [0.4, 0.5) is 0 Å². The van der Waals surface area contributed by atoms with Gasteiger partial charge in [0.05, 0.1) is 17.6 Å². The molecule has 1 fully saturated rings. The lowest BCUT2D eigenvalue weighted by atomic mass is 9.89. The number of nitriles is 1. The predicted octanol–water partition coefficient (Wildman–Crippen LogP) is 7.73. The number of carbonyl (C=O) groups is 1. The molecule has 0 heterocycles. The molecule has 1 saturated carbocycles. The maximum absolute atomic E-state index is 12.9. The second kappa shape index (κ2) is 13.8. The number of unbranched alkanes of at least 4 members (excludes halogenated alkanes) is 5. The van der Waals surface area contributed by atoms with Gasteiger partial charge in [-0.25, -0.2) is 0 Å². The summed E-state index contributed by atoms with van der Waals surface area (Å²) < 4.78 is 6.03. The summed E-state index contributed by atoms with van der Waals surface area (Å²) in [5.74, 6) is 0.751. The molecule has 3 heteroatoms. The Morgan fingerprint density at radius 3 is 2.30 bits per heavy atom. The van der Waals surface area contributed by atoms with Crippen LogP contribution < -0.4 is 4.74 Å². The Kier molecular flexibility index (Phi) is 10.5. The zero-order chi connectivity index (χ0) is 23.3. The van der Waals surface area contributed by atoms with Crippen molar-refractivity contribution in [2.24, 2.45) is 5.92 Å². The number of carbonyl (C=O) groups excluding carboxylic acids is 1. The molecule has 2 aromatic rings. The van der Waals surface area contributed by atoms with Crippen LogP contribution in [0.5, 0.6) is 5.75 Å². The molecule has 2 aromatic carbocycles. The van der Waals surface area contributed by atoms with Crippen molar-refractivity contribution in [3.63, 3.8) is 0 Å². The van der Waals surface area contributed by atoms with Crippen molar-refractivity contribution in [1.82, 2.24) is 0 Å². The average Bonchev–Trinajstić information content (AvgIpc) is 2.86. The Morgan fingerprint density at radius 2 is 1.58 bits per heavy atom. The SMILES string of the molecule is CCCCCCCCc1ccc(CCc2ccc(C#N)cc2)c(OC(=O)C2CCCCC2)c1. The molecule has 0 aromatic heterocycles. The van der Waals surface area contributed by atoms with Crippen molar-refractivity contribution >= 4 is 5.97 Å². The van der Waals surface area contributed by atoms with E-state index in [0.717, 1.165) is 56.3 Å². The van der Waals surface area contributed by atoms with Crippen molar-refractivity contribution in [2.75, 3.05) is 0 Å². The maximum atomic E-state index is 12.9. The van der Waals surface area contributed by atoms with Crippen LogP contribution in [0.15, 0.2) is 42.5 Å². The van der Waals surface area contributed by atoms with Gasteiger partial charge in [-0.05, 0) is 73.4 Å². The number of nitrogens with zero attached hydrogens (tertiary/aromatic N) is 1. The predicted molar refractivity (Wildman–Crippen MR) is 134 cm³/mol. The highest BCUT2D eigenvalue weighted by molar-refractivity contribution is 5.75. The lowest BCUT2D eigenvalue weighted by molar-refractivity contribution is -0.140. The lowest BCUT2D eigenvalue weighted by Gasteiger charge is -2.21. The zero-order valence-electron chi connectivity index (χ0n) is 20.3. The first-order valence-electron chi connectivity index (χ1n) is 13.0. The highest BCUT2D eigenvalue weighted by Gasteiger charge is 2.24. The van der Waals surface area contributed by atoms with Crippen molar-refractivity contribution < 1.29 is 9.53 Å². The van der Waals surface area contributed by atoms with Crippen LogP contribution in [0.25, 0.3) is 0 Å². The van der Waals surface area contributed by atoms with Gasteiger partial charge in [-0.1, -0.05) is 82.6 Å².